The van der Waals surface area contributed by atoms with E-state index in [2.05, 4.69) is 39.6 Å². The average molecular weight is 504 g/mol. The van der Waals surface area contributed by atoms with E-state index in [1.807, 2.05) is 54.7 Å². The third-order valence-corrected chi connectivity index (χ3v) is 7.53. The molecule has 0 aliphatic carbocycles. The van der Waals surface area contributed by atoms with Gasteiger partial charge in [-0.15, -0.1) is 0 Å². The molecule has 0 spiro atoms. The van der Waals surface area contributed by atoms with Crippen molar-refractivity contribution in [3.63, 3.8) is 0 Å². The second-order valence-electron chi connectivity index (χ2n) is 9.32. The van der Waals surface area contributed by atoms with Crippen LogP contribution in [0.3, 0.4) is 0 Å². The zero-order valence-corrected chi connectivity index (χ0v) is 21.5. The number of carbonyl (C=O) groups excluding carboxylic acids is 1. The van der Waals surface area contributed by atoms with Crippen molar-refractivity contribution in [3.05, 3.63) is 72.4 Å². The Bertz CT molecular complexity index is 1160. The summed E-state index contributed by atoms with van der Waals surface area (Å²) in [5.41, 5.74) is 2.97. The van der Waals surface area contributed by atoms with Crippen molar-refractivity contribution >= 4 is 29.0 Å². The van der Waals surface area contributed by atoms with Crippen LogP contribution in [-0.2, 0) is 11.4 Å². The first kappa shape index (κ1) is 24.6. The Hall–Kier alpha value is -3.07. The number of aromatic nitrogens is 1. The topological polar surface area (TPSA) is 69.7 Å². The number of hydrogen-bond acceptors (Lipinski definition) is 7. The van der Waals surface area contributed by atoms with Gasteiger partial charge in [-0.2, -0.15) is 0 Å². The lowest BCUT2D eigenvalue weighted by Gasteiger charge is -2.34. The lowest BCUT2D eigenvalue weighted by atomic mass is 10.2. The molecule has 7 nitrogen and oxygen atoms in total. The quantitative estimate of drug-likeness (QED) is 0.476. The highest BCUT2D eigenvalue weighted by atomic mass is 32.2. The molecule has 2 aliphatic rings. The first-order valence-electron chi connectivity index (χ1n) is 12.6. The van der Waals surface area contributed by atoms with Crippen molar-refractivity contribution in [2.45, 2.75) is 35.4 Å². The number of nitrogens with one attached hydrogen (secondary N) is 2. The molecule has 0 saturated carbocycles. The SMILES string of the molecule is CN1CCN(c2cnc(Sc3cccc(NC(=O)C4CCCN4)c3)cc2OCc2ccccc2)CC1. The Kier molecular flexibility index (Phi) is 8.05. The molecule has 8 heteroatoms. The molecule has 3 heterocycles. The first-order valence-corrected chi connectivity index (χ1v) is 13.4. The molecular weight excluding hydrogens is 470 g/mol. The Morgan fingerprint density at radius 1 is 1.11 bits per heavy atom. The number of nitrogens with zero attached hydrogens (tertiary/aromatic N) is 3. The predicted octanol–water partition coefficient (Wildman–Crippen LogP) is 4.25. The summed E-state index contributed by atoms with van der Waals surface area (Å²) >= 11 is 1.57. The van der Waals surface area contributed by atoms with Crippen LogP contribution in [0.1, 0.15) is 18.4 Å². The molecule has 0 bridgehead atoms. The van der Waals surface area contributed by atoms with E-state index in [0.29, 0.717) is 6.61 Å². The molecular formula is C28H33N5O2S. The number of pyridine rings is 1. The summed E-state index contributed by atoms with van der Waals surface area (Å²) in [6.07, 6.45) is 3.86. The van der Waals surface area contributed by atoms with E-state index < -0.39 is 0 Å². The molecule has 3 aromatic rings. The maximum atomic E-state index is 12.5. The van der Waals surface area contributed by atoms with Crippen LogP contribution in [0.15, 0.2) is 76.8 Å². The Balaban J connectivity index is 1.32. The van der Waals surface area contributed by atoms with Crippen molar-refractivity contribution in [3.8, 4) is 5.75 Å². The lowest BCUT2D eigenvalue weighted by molar-refractivity contribution is -0.117. The Labute approximate surface area is 217 Å². The van der Waals surface area contributed by atoms with Gasteiger partial charge in [0.05, 0.1) is 17.9 Å². The number of rotatable bonds is 8. The van der Waals surface area contributed by atoms with Gasteiger partial charge in [0.15, 0.2) is 0 Å². The van der Waals surface area contributed by atoms with Crippen LogP contribution in [0.4, 0.5) is 11.4 Å². The van der Waals surface area contributed by atoms with E-state index in [-0.39, 0.29) is 11.9 Å². The van der Waals surface area contributed by atoms with Crippen LogP contribution >= 0.6 is 11.8 Å². The molecule has 2 N–H and O–H groups in total. The van der Waals surface area contributed by atoms with Crippen molar-refractivity contribution in [1.82, 2.24) is 15.2 Å². The van der Waals surface area contributed by atoms with Crippen LogP contribution in [0.5, 0.6) is 5.75 Å². The maximum absolute atomic E-state index is 12.5. The summed E-state index contributed by atoms with van der Waals surface area (Å²) in [5, 5.41) is 7.15. The van der Waals surface area contributed by atoms with Gasteiger partial charge in [0, 0.05) is 42.8 Å². The summed E-state index contributed by atoms with van der Waals surface area (Å²) in [5.74, 6) is 0.874. The number of carbonyl (C=O) groups is 1. The van der Waals surface area contributed by atoms with E-state index in [0.717, 1.165) is 78.2 Å². The van der Waals surface area contributed by atoms with Crippen molar-refractivity contribution in [1.29, 1.82) is 0 Å². The highest BCUT2D eigenvalue weighted by Gasteiger charge is 2.22. The first-order chi connectivity index (χ1) is 17.6. The second-order valence-corrected chi connectivity index (χ2v) is 10.4. The molecule has 0 radical (unpaired) electrons. The molecule has 188 valence electrons. The van der Waals surface area contributed by atoms with Crippen molar-refractivity contribution in [2.75, 3.05) is 50.0 Å². The lowest BCUT2D eigenvalue weighted by Crippen LogP contribution is -2.44. The van der Waals surface area contributed by atoms with Crippen LogP contribution in [0.2, 0.25) is 0 Å². The van der Waals surface area contributed by atoms with Gasteiger partial charge in [-0.1, -0.05) is 48.2 Å². The number of ether oxygens (including phenoxy) is 1. The summed E-state index contributed by atoms with van der Waals surface area (Å²) in [7, 11) is 2.16. The van der Waals surface area contributed by atoms with Gasteiger partial charge in [0.25, 0.3) is 0 Å². The summed E-state index contributed by atoms with van der Waals surface area (Å²) < 4.78 is 6.34. The predicted molar refractivity (Wildman–Crippen MR) is 145 cm³/mol. The van der Waals surface area contributed by atoms with Gasteiger partial charge in [0.1, 0.15) is 17.4 Å². The fourth-order valence-electron chi connectivity index (χ4n) is 4.50. The number of likely N-dealkylation sites (N-methyl/N-ethyl adjacent to an activating group) is 1. The van der Waals surface area contributed by atoms with E-state index in [4.69, 9.17) is 9.72 Å². The maximum Gasteiger partial charge on any atom is 0.241 e. The third-order valence-electron chi connectivity index (χ3n) is 6.60. The Morgan fingerprint density at radius 3 is 2.72 bits per heavy atom. The molecule has 2 aromatic carbocycles. The molecule has 2 aliphatic heterocycles. The van der Waals surface area contributed by atoms with Gasteiger partial charge in [-0.25, -0.2) is 4.98 Å². The van der Waals surface area contributed by atoms with E-state index >= 15 is 0 Å². The minimum Gasteiger partial charge on any atom is -0.487 e. The number of hydrogen-bond donors (Lipinski definition) is 2. The molecule has 5 rings (SSSR count). The Morgan fingerprint density at radius 2 is 1.94 bits per heavy atom. The number of amides is 1. The highest BCUT2D eigenvalue weighted by molar-refractivity contribution is 7.99. The minimum absolute atomic E-state index is 0.0286. The summed E-state index contributed by atoms with van der Waals surface area (Å²) in [6.45, 7) is 5.34. The van der Waals surface area contributed by atoms with Gasteiger partial charge >= 0.3 is 0 Å². The molecule has 2 fully saturated rings. The summed E-state index contributed by atoms with van der Waals surface area (Å²) in [4.78, 5) is 23.0. The average Bonchev–Trinajstić information content (AvgIpc) is 3.45. The van der Waals surface area contributed by atoms with Gasteiger partial charge in [-0.3, -0.25) is 4.79 Å². The van der Waals surface area contributed by atoms with E-state index in [9.17, 15) is 4.79 Å². The van der Waals surface area contributed by atoms with E-state index in [1.54, 1.807) is 11.8 Å². The summed E-state index contributed by atoms with van der Waals surface area (Å²) in [6, 6.07) is 20.1. The smallest absolute Gasteiger partial charge is 0.241 e. The van der Waals surface area contributed by atoms with Gasteiger partial charge in [0.2, 0.25) is 5.91 Å². The zero-order chi connectivity index (χ0) is 24.7. The molecule has 2 saturated heterocycles. The van der Waals surface area contributed by atoms with Crippen molar-refractivity contribution in [2.24, 2.45) is 0 Å². The zero-order valence-electron chi connectivity index (χ0n) is 20.7. The third kappa shape index (κ3) is 6.37. The molecule has 36 heavy (non-hydrogen) atoms. The standard InChI is InChI=1S/C28H33N5O2S/c1-32-13-15-33(16-14-32)25-19-30-27(18-26(25)35-20-21-7-3-2-4-8-21)36-23-10-5-9-22(17-23)31-28(34)24-11-6-12-29-24/h2-5,7-10,17-19,24,29H,6,11-16,20H2,1H3,(H,31,34). The fraction of sp³-hybridized carbons (Fsp3) is 0.357. The molecule has 1 amide bonds. The van der Waals surface area contributed by atoms with Crippen LogP contribution in [0, 0.1) is 0 Å². The van der Waals surface area contributed by atoms with Gasteiger partial charge in [-0.05, 0) is 50.2 Å². The van der Waals surface area contributed by atoms with E-state index in [1.165, 1.54) is 0 Å². The van der Waals surface area contributed by atoms with Crippen molar-refractivity contribution < 1.29 is 9.53 Å². The number of piperazine rings is 1. The second kappa shape index (κ2) is 11.8. The highest BCUT2D eigenvalue weighted by Crippen LogP contribution is 2.36. The largest absolute Gasteiger partial charge is 0.487 e. The van der Waals surface area contributed by atoms with Crippen LogP contribution in [-0.4, -0.2) is 61.6 Å². The normalized spacial score (nSPS) is 18.2. The molecule has 1 aromatic heterocycles. The van der Waals surface area contributed by atoms with Crippen LogP contribution < -0.4 is 20.3 Å². The monoisotopic (exact) mass is 503 g/mol. The van der Waals surface area contributed by atoms with Gasteiger partial charge < -0.3 is 25.2 Å². The number of benzene rings is 2. The number of anilines is 2. The van der Waals surface area contributed by atoms with Crippen LogP contribution in [0.25, 0.3) is 0 Å². The molecule has 1 atom stereocenters. The fourth-order valence-corrected chi connectivity index (χ4v) is 5.34. The minimum atomic E-state index is -0.102. The molecule has 1 unspecified atom stereocenters.